The summed E-state index contributed by atoms with van der Waals surface area (Å²) in [6.07, 6.45) is 3.81. The molecule has 0 spiro atoms. The molecule has 0 radical (unpaired) electrons. The lowest BCUT2D eigenvalue weighted by Crippen LogP contribution is -2.41. The highest BCUT2D eigenvalue weighted by Crippen LogP contribution is 2.37. The fraction of sp³-hybridized carbons (Fsp3) is 0.900. The Labute approximate surface area is 74.2 Å². The lowest BCUT2D eigenvalue weighted by atomic mass is 9.71. The Kier molecular flexibility index (Phi) is 2.74. The van der Waals surface area contributed by atoms with Crippen molar-refractivity contribution >= 4 is 0 Å². The molecule has 0 aromatic heterocycles. The summed E-state index contributed by atoms with van der Waals surface area (Å²) in [7, 11) is 0. The van der Waals surface area contributed by atoms with Crippen LogP contribution in [0.5, 0.6) is 0 Å². The van der Waals surface area contributed by atoms with Gasteiger partial charge < -0.3 is 5.11 Å². The molecule has 0 saturated heterocycles. The van der Waals surface area contributed by atoms with Gasteiger partial charge in [0.25, 0.3) is 0 Å². The largest absolute Gasteiger partial charge is 0.375 e. The van der Waals surface area contributed by atoms with E-state index in [1.807, 2.05) is 0 Å². The summed E-state index contributed by atoms with van der Waals surface area (Å²) in [5.74, 6) is 0.589. The quantitative estimate of drug-likeness (QED) is 0.608. The second-order valence-corrected chi connectivity index (χ2v) is 4.13. The second-order valence-electron chi connectivity index (χ2n) is 4.13. The van der Waals surface area contributed by atoms with Crippen molar-refractivity contribution in [2.24, 2.45) is 11.8 Å². The smallest absolute Gasteiger partial charge is 0.154 e. The first kappa shape index (κ1) is 9.54. The van der Waals surface area contributed by atoms with Gasteiger partial charge in [-0.2, -0.15) is 5.26 Å². The number of nitriles is 1. The third-order valence-electron chi connectivity index (χ3n) is 2.93. The highest BCUT2D eigenvalue weighted by atomic mass is 16.3. The summed E-state index contributed by atoms with van der Waals surface area (Å²) >= 11 is 0. The molecule has 1 N–H and O–H groups in total. The molecule has 1 aliphatic carbocycles. The van der Waals surface area contributed by atoms with Gasteiger partial charge in [-0.05, 0) is 25.2 Å². The van der Waals surface area contributed by atoms with Crippen LogP contribution in [0.2, 0.25) is 0 Å². The Morgan fingerprint density at radius 3 is 2.58 bits per heavy atom. The van der Waals surface area contributed by atoms with Crippen LogP contribution >= 0.6 is 0 Å². The van der Waals surface area contributed by atoms with E-state index in [1.54, 1.807) is 0 Å². The van der Waals surface area contributed by atoms with Crippen molar-refractivity contribution in [3.05, 3.63) is 0 Å². The summed E-state index contributed by atoms with van der Waals surface area (Å²) in [4.78, 5) is 0. The van der Waals surface area contributed by atoms with Crippen LogP contribution in [-0.2, 0) is 0 Å². The van der Waals surface area contributed by atoms with Crippen molar-refractivity contribution in [3.63, 3.8) is 0 Å². The van der Waals surface area contributed by atoms with Crippen LogP contribution in [-0.4, -0.2) is 10.7 Å². The van der Waals surface area contributed by atoms with Crippen molar-refractivity contribution < 1.29 is 5.11 Å². The maximum absolute atomic E-state index is 9.95. The molecule has 0 bridgehead atoms. The summed E-state index contributed by atoms with van der Waals surface area (Å²) in [6, 6.07) is 2.07. The van der Waals surface area contributed by atoms with E-state index in [-0.39, 0.29) is 5.92 Å². The molecule has 0 aliphatic heterocycles. The molecule has 2 nitrogen and oxygen atoms in total. The van der Waals surface area contributed by atoms with Gasteiger partial charge in [-0.1, -0.05) is 20.3 Å². The molecule has 68 valence electrons. The van der Waals surface area contributed by atoms with Crippen LogP contribution in [0.1, 0.15) is 39.5 Å². The van der Waals surface area contributed by atoms with Crippen LogP contribution in [0, 0.1) is 23.2 Å². The lowest BCUT2D eigenvalue weighted by Gasteiger charge is -2.37. The molecule has 0 aromatic rings. The van der Waals surface area contributed by atoms with Gasteiger partial charge in [-0.15, -0.1) is 0 Å². The Morgan fingerprint density at radius 1 is 1.50 bits per heavy atom. The van der Waals surface area contributed by atoms with Crippen LogP contribution in [0.15, 0.2) is 0 Å². The predicted molar refractivity (Wildman–Crippen MR) is 47.4 cm³/mol. The fourth-order valence-electron chi connectivity index (χ4n) is 2.21. The monoisotopic (exact) mass is 167 g/mol. The Bertz CT molecular complexity index is 195. The minimum Gasteiger partial charge on any atom is -0.375 e. The van der Waals surface area contributed by atoms with Crippen LogP contribution in [0.25, 0.3) is 0 Å². The van der Waals surface area contributed by atoms with E-state index in [4.69, 9.17) is 5.26 Å². The maximum Gasteiger partial charge on any atom is 0.154 e. The lowest BCUT2D eigenvalue weighted by molar-refractivity contribution is -0.0179. The van der Waals surface area contributed by atoms with Gasteiger partial charge in [0.15, 0.2) is 5.60 Å². The van der Waals surface area contributed by atoms with Gasteiger partial charge in [0.2, 0.25) is 0 Å². The van der Waals surface area contributed by atoms with Crippen LogP contribution in [0.4, 0.5) is 0 Å². The predicted octanol–water partition coefficient (Wildman–Crippen LogP) is 2.09. The van der Waals surface area contributed by atoms with Gasteiger partial charge in [0, 0.05) is 5.92 Å². The summed E-state index contributed by atoms with van der Waals surface area (Å²) in [5.41, 5.74) is -1.04. The Balaban J connectivity index is 2.75. The van der Waals surface area contributed by atoms with Crippen molar-refractivity contribution in [1.82, 2.24) is 0 Å². The number of hydrogen-bond acceptors (Lipinski definition) is 2. The maximum atomic E-state index is 9.95. The van der Waals surface area contributed by atoms with Crippen LogP contribution < -0.4 is 0 Å². The van der Waals surface area contributed by atoms with Gasteiger partial charge in [-0.3, -0.25) is 0 Å². The SMILES string of the molecule is CC(C)[C@@H]1CCCC[C@]1(O)C#N. The number of nitrogens with zero attached hydrogens (tertiary/aromatic N) is 1. The molecule has 2 heteroatoms. The molecule has 1 aliphatic rings. The first-order valence-electron chi connectivity index (χ1n) is 4.74. The molecule has 1 fully saturated rings. The number of hydrogen-bond donors (Lipinski definition) is 1. The van der Waals surface area contributed by atoms with Gasteiger partial charge in [-0.25, -0.2) is 0 Å². The van der Waals surface area contributed by atoms with E-state index in [0.29, 0.717) is 12.3 Å². The normalized spacial score (nSPS) is 36.4. The van der Waals surface area contributed by atoms with E-state index >= 15 is 0 Å². The van der Waals surface area contributed by atoms with Gasteiger partial charge >= 0.3 is 0 Å². The minimum atomic E-state index is -1.04. The third kappa shape index (κ3) is 1.61. The van der Waals surface area contributed by atoms with E-state index < -0.39 is 5.60 Å². The van der Waals surface area contributed by atoms with Crippen LogP contribution in [0.3, 0.4) is 0 Å². The summed E-state index contributed by atoms with van der Waals surface area (Å²) in [6.45, 7) is 4.16. The highest BCUT2D eigenvalue weighted by Gasteiger charge is 2.40. The van der Waals surface area contributed by atoms with Crippen molar-refractivity contribution in [3.8, 4) is 6.07 Å². The molecule has 2 atom stereocenters. The zero-order chi connectivity index (χ0) is 9.19. The molecule has 0 amide bonds. The van der Waals surface area contributed by atoms with E-state index in [2.05, 4.69) is 19.9 Å². The molecular weight excluding hydrogens is 150 g/mol. The van der Waals surface area contributed by atoms with Crippen molar-refractivity contribution in [2.45, 2.75) is 45.1 Å². The van der Waals surface area contributed by atoms with Crippen molar-refractivity contribution in [1.29, 1.82) is 5.26 Å². The molecule has 0 heterocycles. The average molecular weight is 167 g/mol. The molecule has 1 saturated carbocycles. The summed E-state index contributed by atoms with van der Waals surface area (Å²) in [5, 5.41) is 18.8. The number of aliphatic hydroxyl groups is 1. The molecule has 12 heavy (non-hydrogen) atoms. The Hall–Kier alpha value is -0.550. The third-order valence-corrected chi connectivity index (χ3v) is 2.93. The zero-order valence-corrected chi connectivity index (χ0v) is 7.88. The standard InChI is InChI=1S/C10H17NO/c1-8(2)9-5-3-4-6-10(9,12)7-11/h8-9,12H,3-6H2,1-2H3/t9-,10-/m0/s1. The average Bonchev–Trinajstić information content (AvgIpc) is 2.05. The van der Waals surface area contributed by atoms with Crippen molar-refractivity contribution in [2.75, 3.05) is 0 Å². The molecule has 0 unspecified atom stereocenters. The molecule has 0 aromatic carbocycles. The Morgan fingerprint density at radius 2 is 2.17 bits per heavy atom. The molecular formula is C10H17NO. The second kappa shape index (κ2) is 3.45. The van der Waals surface area contributed by atoms with Gasteiger partial charge in [0.1, 0.15) is 0 Å². The van der Waals surface area contributed by atoms with E-state index in [0.717, 1.165) is 19.3 Å². The van der Waals surface area contributed by atoms with E-state index in [9.17, 15) is 5.11 Å². The minimum absolute atomic E-state index is 0.177. The van der Waals surface area contributed by atoms with E-state index in [1.165, 1.54) is 0 Å². The first-order chi connectivity index (χ1) is 5.60. The topological polar surface area (TPSA) is 44.0 Å². The highest BCUT2D eigenvalue weighted by molar-refractivity contribution is 5.06. The number of rotatable bonds is 1. The first-order valence-corrected chi connectivity index (χ1v) is 4.74. The zero-order valence-electron chi connectivity index (χ0n) is 7.88. The fourth-order valence-corrected chi connectivity index (χ4v) is 2.21. The molecule has 1 rings (SSSR count). The summed E-state index contributed by atoms with van der Waals surface area (Å²) < 4.78 is 0. The van der Waals surface area contributed by atoms with Gasteiger partial charge in [0.05, 0.1) is 6.07 Å².